The highest BCUT2D eigenvalue weighted by Crippen LogP contribution is 2.19. The van der Waals surface area contributed by atoms with E-state index in [-0.39, 0.29) is 0 Å². The molecular weight excluding hydrogens is 232 g/mol. The normalized spacial score (nSPS) is 11.3. The molecule has 0 saturated carbocycles. The summed E-state index contributed by atoms with van der Waals surface area (Å²) in [4.78, 5) is 0. The first kappa shape index (κ1) is 14.1. The largest absolute Gasteiger partial charge is 0.346 e. The average molecular weight is 258 g/mol. The Hall–Kier alpha value is -1.28. The van der Waals surface area contributed by atoms with Crippen molar-refractivity contribution in [2.24, 2.45) is 0 Å². The third-order valence-electron chi connectivity index (χ3n) is 3.72. The minimum atomic E-state index is 1.06. The summed E-state index contributed by atoms with van der Waals surface area (Å²) in [6.07, 6.45) is 7.61. The van der Waals surface area contributed by atoms with Crippen LogP contribution in [0.4, 0.5) is 0 Å². The molecule has 19 heavy (non-hydrogen) atoms. The summed E-state index contributed by atoms with van der Waals surface area (Å²) in [5.41, 5.74) is 2.73. The fraction of sp³-hybridized carbons (Fsp3) is 0.529. The highest BCUT2D eigenvalue weighted by atomic mass is 15.0. The molecule has 0 atom stereocenters. The Morgan fingerprint density at radius 1 is 1.05 bits per heavy atom. The van der Waals surface area contributed by atoms with Gasteiger partial charge in [0.05, 0.1) is 0 Å². The molecule has 0 bridgehead atoms. The topological polar surface area (TPSA) is 17.0 Å². The number of hydrogen-bond acceptors (Lipinski definition) is 1. The van der Waals surface area contributed by atoms with Crippen molar-refractivity contribution in [1.29, 1.82) is 0 Å². The summed E-state index contributed by atoms with van der Waals surface area (Å²) < 4.78 is 2.36. The lowest BCUT2D eigenvalue weighted by atomic mass is 10.2. The molecule has 1 N–H and O–H groups in total. The van der Waals surface area contributed by atoms with Gasteiger partial charge in [0.25, 0.3) is 0 Å². The van der Waals surface area contributed by atoms with E-state index < -0.39 is 0 Å². The number of nitrogens with zero attached hydrogens (tertiary/aromatic N) is 1. The van der Waals surface area contributed by atoms with Crippen LogP contribution in [0.3, 0.4) is 0 Å². The minimum Gasteiger partial charge on any atom is -0.346 e. The predicted molar refractivity (Wildman–Crippen MR) is 83.7 cm³/mol. The number of benzene rings is 1. The van der Waals surface area contributed by atoms with E-state index in [1.54, 1.807) is 0 Å². The molecule has 1 heterocycles. The summed E-state index contributed by atoms with van der Waals surface area (Å²) in [7, 11) is 0. The lowest BCUT2D eigenvalue weighted by molar-refractivity contribution is 0.567. The molecule has 0 spiro atoms. The summed E-state index contributed by atoms with van der Waals surface area (Å²) in [5.74, 6) is 0. The summed E-state index contributed by atoms with van der Waals surface area (Å²) in [6.45, 7) is 7.72. The van der Waals surface area contributed by atoms with Crippen LogP contribution in [0.15, 0.2) is 30.5 Å². The number of para-hydroxylation sites is 1. The van der Waals surface area contributed by atoms with Crippen LogP contribution in [0.5, 0.6) is 0 Å². The average Bonchev–Trinajstić information content (AvgIpc) is 2.75. The molecule has 1 aromatic carbocycles. The van der Waals surface area contributed by atoms with Gasteiger partial charge in [-0.3, -0.25) is 0 Å². The maximum Gasteiger partial charge on any atom is 0.0483 e. The number of unbranched alkanes of at least 4 members (excludes halogenated alkanes) is 3. The Labute approximate surface area is 116 Å². The second-order valence-corrected chi connectivity index (χ2v) is 5.33. The van der Waals surface area contributed by atoms with Crippen LogP contribution in [0, 0.1) is 6.92 Å². The fourth-order valence-corrected chi connectivity index (χ4v) is 2.62. The zero-order valence-electron chi connectivity index (χ0n) is 12.3. The number of hydrogen-bond donors (Lipinski definition) is 1. The van der Waals surface area contributed by atoms with Gasteiger partial charge in [0.1, 0.15) is 0 Å². The first-order valence-electron chi connectivity index (χ1n) is 7.58. The quantitative estimate of drug-likeness (QED) is 0.705. The van der Waals surface area contributed by atoms with Crippen molar-refractivity contribution in [1.82, 2.24) is 9.88 Å². The van der Waals surface area contributed by atoms with Gasteiger partial charge in [-0.25, -0.2) is 0 Å². The van der Waals surface area contributed by atoms with Crippen LogP contribution >= 0.6 is 0 Å². The third kappa shape index (κ3) is 3.84. The molecule has 2 rings (SSSR count). The molecule has 0 unspecified atom stereocenters. The zero-order valence-corrected chi connectivity index (χ0v) is 12.3. The molecule has 0 aliphatic heterocycles. The van der Waals surface area contributed by atoms with Crippen LogP contribution in [-0.2, 0) is 6.54 Å². The Kier molecular flexibility index (Phi) is 5.46. The van der Waals surface area contributed by atoms with Gasteiger partial charge in [-0.2, -0.15) is 0 Å². The van der Waals surface area contributed by atoms with E-state index in [9.17, 15) is 0 Å². The molecule has 1 aromatic heterocycles. The van der Waals surface area contributed by atoms with E-state index in [1.807, 2.05) is 0 Å². The first-order chi connectivity index (χ1) is 9.33. The van der Waals surface area contributed by atoms with E-state index in [0.29, 0.717) is 0 Å². The van der Waals surface area contributed by atoms with E-state index in [1.165, 1.54) is 42.1 Å². The van der Waals surface area contributed by atoms with Gasteiger partial charge >= 0.3 is 0 Å². The van der Waals surface area contributed by atoms with Crippen molar-refractivity contribution in [3.05, 3.63) is 36.0 Å². The van der Waals surface area contributed by atoms with Crippen molar-refractivity contribution >= 4 is 10.9 Å². The second kappa shape index (κ2) is 7.34. The van der Waals surface area contributed by atoms with Gasteiger partial charge in [-0.1, -0.05) is 44.4 Å². The van der Waals surface area contributed by atoms with Crippen LogP contribution in [-0.4, -0.2) is 17.7 Å². The summed E-state index contributed by atoms with van der Waals surface area (Å²) in [6, 6.07) is 8.66. The molecule has 2 nitrogen and oxygen atoms in total. The number of aromatic nitrogens is 1. The Morgan fingerprint density at radius 3 is 2.74 bits per heavy atom. The highest BCUT2D eigenvalue weighted by Gasteiger charge is 2.03. The van der Waals surface area contributed by atoms with Gasteiger partial charge in [-0.05, 0) is 31.5 Å². The standard InChI is InChI=1S/C17H26N2/c1-3-4-5-8-11-18-12-13-19-14-15(2)16-9-6-7-10-17(16)19/h6-7,9-10,14,18H,3-5,8,11-13H2,1-2H3. The van der Waals surface area contributed by atoms with E-state index in [4.69, 9.17) is 0 Å². The molecule has 0 radical (unpaired) electrons. The minimum absolute atomic E-state index is 1.06. The SMILES string of the molecule is CCCCCCNCCn1cc(C)c2ccccc21. The van der Waals surface area contributed by atoms with Crippen molar-refractivity contribution in [2.75, 3.05) is 13.1 Å². The zero-order chi connectivity index (χ0) is 13.5. The molecule has 2 heteroatoms. The molecule has 0 saturated heterocycles. The van der Waals surface area contributed by atoms with E-state index in [2.05, 4.69) is 54.2 Å². The molecular formula is C17H26N2. The van der Waals surface area contributed by atoms with Crippen LogP contribution in [0.25, 0.3) is 10.9 Å². The van der Waals surface area contributed by atoms with Crippen LogP contribution in [0.2, 0.25) is 0 Å². The van der Waals surface area contributed by atoms with Crippen molar-refractivity contribution in [3.8, 4) is 0 Å². The Morgan fingerprint density at radius 2 is 1.89 bits per heavy atom. The number of fused-ring (bicyclic) bond motifs is 1. The molecule has 0 fully saturated rings. The Balaban J connectivity index is 1.79. The molecule has 104 valence electrons. The van der Waals surface area contributed by atoms with Gasteiger partial charge in [0.15, 0.2) is 0 Å². The van der Waals surface area contributed by atoms with Gasteiger partial charge in [-0.15, -0.1) is 0 Å². The number of rotatable bonds is 8. The van der Waals surface area contributed by atoms with Crippen LogP contribution in [0.1, 0.15) is 38.2 Å². The van der Waals surface area contributed by atoms with E-state index >= 15 is 0 Å². The maximum absolute atomic E-state index is 3.55. The number of nitrogens with one attached hydrogen (secondary N) is 1. The monoisotopic (exact) mass is 258 g/mol. The van der Waals surface area contributed by atoms with Crippen LogP contribution < -0.4 is 5.32 Å². The smallest absolute Gasteiger partial charge is 0.0483 e. The first-order valence-corrected chi connectivity index (χ1v) is 7.58. The fourth-order valence-electron chi connectivity index (χ4n) is 2.62. The number of aryl methyl sites for hydroxylation is 1. The summed E-state index contributed by atoms with van der Waals surface area (Å²) >= 11 is 0. The highest BCUT2D eigenvalue weighted by molar-refractivity contribution is 5.83. The van der Waals surface area contributed by atoms with E-state index in [0.717, 1.165) is 19.6 Å². The molecule has 2 aromatic rings. The third-order valence-corrected chi connectivity index (χ3v) is 3.72. The van der Waals surface area contributed by atoms with Gasteiger partial charge in [0.2, 0.25) is 0 Å². The second-order valence-electron chi connectivity index (χ2n) is 5.33. The van der Waals surface area contributed by atoms with Gasteiger partial charge < -0.3 is 9.88 Å². The lowest BCUT2D eigenvalue weighted by Gasteiger charge is -2.07. The van der Waals surface area contributed by atoms with Crippen molar-refractivity contribution < 1.29 is 0 Å². The molecule has 0 aliphatic carbocycles. The predicted octanol–water partition coefficient (Wildman–Crippen LogP) is 4.12. The van der Waals surface area contributed by atoms with Crippen molar-refractivity contribution in [2.45, 2.75) is 46.1 Å². The molecule has 0 amide bonds. The Bertz CT molecular complexity index is 499. The summed E-state index contributed by atoms with van der Waals surface area (Å²) in [5, 5.41) is 4.93. The lowest BCUT2D eigenvalue weighted by Crippen LogP contribution is -2.20. The van der Waals surface area contributed by atoms with Crippen molar-refractivity contribution in [3.63, 3.8) is 0 Å². The maximum atomic E-state index is 3.55. The van der Waals surface area contributed by atoms with Gasteiger partial charge in [0, 0.05) is 30.2 Å². The molecule has 0 aliphatic rings.